The fourth-order valence-electron chi connectivity index (χ4n) is 3.27. The minimum absolute atomic E-state index is 0.0284. The molecule has 0 radical (unpaired) electrons. The summed E-state index contributed by atoms with van der Waals surface area (Å²) in [6.07, 6.45) is 4.94. The van der Waals surface area contributed by atoms with Gasteiger partial charge in [-0.05, 0) is 25.3 Å². The first-order valence-corrected chi connectivity index (χ1v) is 8.85. The lowest BCUT2D eigenvalue weighted by Gasteiger charge is -2.25. The maximum Gasteiger partial charge on any atom is 0.271 e. The SMILES string of the molecule is Cc1ccc(C2CCCN2C(=O)c2cnc3sccn3c2=O)cc1. The molecule has 5 nitrogen and oxygen atoms in total. The molecule has 3 aromatic rings. The second kappa shape index (κ2) is 5.87. The van der Waals surface area contributed by atoms with Gasteiger partial charge in [0.1, 0.15) is 5.56 Å². The van der Waals surface area contributed by atoms with E-state index in [1.54, 1.807) is 11.6 Å². The number of hydrogen-bond donors (Lipinski definition) is 0. The average molecular weight is 339 g/mol. The van der Waals surface area contributed by atoms with Gasteiger partial charge in [0, 0.05) is 24.3 Å². The first-order valence-electron chi connectivity index (χ1n) is 7.97. The monoisotopic (exact) mass is 339 g/mol. The predicted octanol–water partition coefficient (Wildman–Crippen LogP) is 3.04. The molecule has 3 heterocycles. The normalized spacial score (nSPS) is 17.5. The third-order valence-corrected chi connectivity index (χ3v) is 5.32. The fourth-order valence-corrected chi connectivity index (χ4v) is 3.95. The van der Waals surface area contributed by atoms with Crippen LogP contribution < -0.4 is 5.56 Å². The van der Waals surface area contributed by atoms with Crippen molar-refractivity contribution in [1.29, 1.82) is 0 Å². The molecular weight excluding hydrogens is 322 g/mol. The van der Waals surface area contributed by atoms with E-state index >= 15 is 0 Å². The minimum atomic E-state index is -0.291. The zero-order valence-electron chi connectivity index (χ0n) is 13.3. The molecule has 0 bridgehead atoms. The molecule has 0 N–H and O–H groups in total. The first kappa shape index (κ1) is 15.1. The molecule has 24 heavy (non-hydrogen) atoms. The van der Waals surface area contributed by atoms with E-state index in [-0.39, 0.29) is 23.1 Å². The van der Waals surface area contributed by atoms with Crippen LogP contribution in [0.25, 0.3) is 4.96 Å². The third kappa shape index (κ3) is 2.43. The third-order valence-electron chi connectivity index (χ3n) is 4.55. The summed E-state index contributed by atoms with van der Waals surface area (Å²) in [5, 5.41) is 1.79. The van der Waals surface area contributed by atoms with Crippen LogP contribution in [0.5, 0.6) is 0 Å². The second-order valence-corrected chi connectivity index (χ2v) is 6.97. The Balaban J connectivity index is 1.70. The molecule has 1 fully saturated rings. The summed E-state index contributed by atoms with van der Waals surface area (Å²) >= 11 is 1.38. The van der Waals surface area contributed by atoms with Crippen LogP contribution in [0, 0.1) is 6.92 Å². The number of likely N-dealkylation sites (tertiary alicyclic amines) is 1. The molecule has 122 valence electrons. The van der Waals surface area contributed by atoms with Crippen LogP contribution in [0.4, 0.5) is 0 Å². The van der Waals surface area contributed by atoms with Crippen molar-refractivity contribution in [3.63, 3.8) is 0 Å². The van der Waals surface area contributed by atoms with E-state index in [0.29, 0.717) is 11.5 Å². The van der Waals surface area contributed by atoms with Crippen molar-refractivity contribution in [1.82, 2.24) is 14.3 Å². The van der Waals surface area contributed by atoms with Crippen LogP contribution >= 0.6 is 11.3 Å². The topological polar surface area (TPSA) is 54.7 Å². The molecule has 0 saturated carbocycles. The van der Waals surface area contributed by atoms with Crippen LogP contribution in [0.15, 0.2) is 46.8 Å². The Morgan fingerprint density at radius 2 is 2.08 bits per heavy atom. The second-order valence-electron chi connectivity index (χ2n) is 6.10. The van der Waals surface area contributed by atoms with Crippen LogP contribution in [-0.4, -0.2) is 26.7 Å². The van der Waals surface area contributed by atoms with E-state index in [1.165, 1.54) is 27.5 Å². The number of hydrogen-bond acceptors (Lipinski definition) is 4. The maximum absolute atomic E-state index is 13.0. The van der Waals surface area contributed by atoms with Crippen LogP contribution in [0.1, 0.15) is 40.4 Å². The lowest BCUT2D eigenvalue weighted by Crippen LogP contribution is -2.35. The van der Waals surface area contributed by atoms with Crippen LogP contribution in [-0.2, 0) is 0 Å². The van der Waals surface area contributed by atoms with Crippen molar-refractivity contribution in [3.8, 4) is 0 Å². The van der Waals surface area contributed by atoms with Gasteiger partial charge in [0.05, 0.1) is 6.04 Å². The van der Waals surface area contributed by atoms with Gasteiger partial charge >= 0.3 is 0 Å². The van der Waals surface area contributed by atoms with Gasteiger partial charge in [-0.1, -0.05) is 29.8 Å². The van der Waals surface area contributed by atoms with Gasteiger partial charge in [-0.25, -0.2) is 4.98 Å². The van der Waals surface area contributed by atoms with E-state index < -0.39 is 0 Å². The van der Waals surface area contributed by atoms with E-state index in [4.69, 9.17) is 0 Å². The minimum Gasteiger partial charge on any atom is -0.331 e. The number of carbonyl (C=O) groups excluding carboxylic acids is 1. The Morgan fingerprint density at radius 1 is 1.29 bits per heavy atom. The molecule has 1 aromatic carbocycles. The number of carbonyl (C=O) groups is 1. The number of benzene rings is 1. The fraction of sp³-hybridized carbons (Fsp3) is 0.278. The Labute approximate surface area is 143 Å². The van der Waals surface area contributed by atoms with Gasteiger partial charge in [-0.2, -0.15) is 0 Å². The number of amides is 1. The Morgan fingerprint density at radius 3 is 2.88 bits per heavy atom. The molecular formula is C18H17N3O2S. The molecule has 0 aliphatic carbocycles. The summed E-state index contributed by atoms with van der Waals surface area (Å²) < 4.78 is 1.44. The zero-order valence-corrected chi connectivity index (χ0v) is 14.1. The number of aromatic nitrogens is 2. The highest BCUT2D eigenvalue weighted by Crippen LogP contribution is 2.32. The van der Waals surface area contributed by atoms with Gasteiger partial charge in [0.25, 0.3) is 11.5 Å². The largest absolute Gasteiger partial charge is 0.331 e. The van der Waals surface area contributed by atoms with Crippen molar-refractivity contribution in [2.24, 2.45) is 0 Å². The number of thiazole rings is 1. The van der Waals surface area contributed by atoms with Crippen LogP contribution in [0.2, 0.25) is 0 Å². The molecule has 1 aliphatic rings. The molecule has 1 amide bonds. The summed E-state index contributed by atoms with van der Waals surface area (Å²) in [5.74, 6) is -0.226. The van der Waals surface area contributed by atoms with E-state index in [1.807, 2.05) is 11.8 Å². The Kier molecular flexibility index (Phi) is 3.69. The van der Waals surface area contributed by atoms with Gasteiger partial charge in [-0.3, -0.25) is 14.0 Å². The molecule has 1 saturated heterocycles. The number of rotatable bonds is 2. The van der Waals surface area contributed by atoms with Gasteiger partial charge in [-0.15, -0.1) is 11.3 Å². The quantitative estimate of drug-likeness (QED) is 0.721. The number of fused-ring (bicyclic) bond motifs is 1. The van der Waals surface area contributed by atoms with E-state index in [2.05, 4.69) is 29.2 Å². The van der Waals surface area contributed by atoms with E-state index in [0.717, 1.165) is 18.4 Å². The van der Waals surface area contributed by atoms with Crippen molar-refractivity contribution < 1.29 is 4.79 Å². The standard InChI is InChI=1S/C18H17N3O2S/c1-12-4-6-13(7-5-12)15-3-2-8-20(15)16(22)14-11-19-18-21(17(14)23)9-10-24-18/h4-7,9-11,15H,2-3,8H2,1H3. The van der Waals surface area contributed by atoms with Gasteiger partial charge in [0.2, 0.25) is 0 Å². The highest BCUT2D eigenvalue weighted by molar-refractivity contribution is 7.15. The highest BCUT2D eigenvalue weighted by Gasteiger charge is 2.32. The summed E-state index contributed by atoms with van der Waals surface area (Å²) in [4.78, 5) is 32.2. The number of nitrogens with zero attached hydrogens (tertiary/aromatic N) is 3. The Bertz CT molecular complexity index is 958. The summed E-state index contributed by atoms with van der Waals surface area (Å²) in [5.41, 5.74) is 2.17. The maximum atomic E-state index is 13.0. The van der Waals surface area contributed by atoms with Gasteiger partial charge in [0.15, 0.2) is 4.96 Å². The molecule has 2 aromatic heterocycles. The zero-order chi connectivity index (χ0) is 16.7. The highest BCUT2D eigenvalue weighted by atomic mass is 32.1. The summed E-state index contributed by atoms with van der Waals surface area (Å²) in [7, 11) is 0. The molecule has 1 aliphatic heterocycles. The predicted molar refractivity (Wildman–Crippen MR) is 93.5 cm³/mol. The lowest BCUT2D eigenvalue weighted by atomic mass is 10.0. The molecule has 4 rings (SSSR count). The summed E-state index contributed by atoms with van der Waals surface area (Å²) in [6.45, 7) is 2.72. The van der Waals surface area contributed by atoms with Crippen LogP contribution in [0.3, 0.4) is 0 Å². The lowest BCUT2D eigenvalue weighted by molar-refractivity contribution is 0.0733. The van der Waals surface area contributed by atoms with Crippen molar-refractivity contribution in [2.75, 3.05) is 6.54 Å². The van der Waals surface area contributed by atoms with Crippen molar-refractivity contribution in [2.45, 2.75) is 25.8 Å². The molecule has 6 heteroatoms. The molecule has 0 spiro atoms. The summed E-state index contributed by atoms with van der Waals surface area (Å²) in [6, 6.07) is 8.28. The molecule has 1 atom stereocenters. The van der Waals surface area contributed by atoms with Crippen molar-refractivity contribution in [3.05, 3.63) is 69.1 Å². The average Bonchev–Trinajstić information content (AvgIpc) is 3.25. The number of aryl methyl sites for hydroxylation is 1. The molecule has 1 unspecified atom stereocenters. The van der Waals surface area contributed by atoms with Gasteiger partial charge < -0.3 is 4.90 Å². The van der Waals surface area contributed by atoms with E-state index in [9.17, 15) is 9.59 Å². The smallest absolute Gasteiger partial charge is 0.271 e. The van der Waals surface area contributed by atoms with Crippen molar-refractivity contribution >= 4 is 22.2 Å². The Hall–Kier alpha value is -2.47. The first-order chi connectivity index (χ1) is 11.6.